The topological polar surface area (TPSA) is 119 Å². The Balaban J connectivity index is 1.88. The summed E-state index contributed by atoms with van der Waals surface area (Å²) in [5, 5.41) is 23.1. The summed E-state index contributed by atoms with van der Waals surface area (Å²) in [6.07, 6.45) is 0. The number of fused-ring (bicyclic) bond motifs is 2. The van der Waals surface area contributed by atoms with Crippen LogP contribution in [0.5, 0.6) is 23.0 Å². The van der Waals surface area contributed by atoms with Crippen molar-refractivity contribution in [1.29, 1.82) is 0 Å². The van der Waals surface area contributed by atoms with E-state index >= 15 is 0 Å². The van der Waals surface area contributed by atoms with Crippen molar-refractivity contribution in [3.8, 4) is 23.0 Å². The molecule has 2 aromatic heterocycles. The number of methoxy groups -OCH3 is 1. The van der Waals surface area contributed by atoms with Crippen molar-refractivity contribution in [2.24, 2.45) is 0 Å². The molecule has 5 aromatic rings. The van der Waals surface area contributed by atoms with Crippen LogP contribution in [0, 0.1) is 0 Å². The lowest BCUT2D eigenvalue weighted by Gasteiger charge is -2.21. The summed E-state index contributed by atoms with van der Waals surface area (Å²) in [7, 11) is 1.46. The first-order chi connectivity index (χ1) is 17.4. The minimum absolute atomic E-state index is 0.182. The molecule has 0 aliphatic carbocycles. The SMILES string of the molecule is CCOc1ccc(C(c2c(O)c3ccccc3oc2=O)c2c(O)c3ccccc3oc2=O)cc1OC. The Labute approximate surface area is 204 Å². The normalized spacial score (nSPS) is 11.3. The van der Waals surface area contributed by atoms with Crippen molar-refractivity contribution in [3.05, 3.63) is 104 Å². The second kappa shape index (κ2) is 9.14. The minimum atomic E-state index is -1.25. The van der Waals surface area contributed by atoms with Crippen molar-refractivity contribution in [3.63, 3.8) is 0 Å². The van der Waals surface area contributed by atoms with Gasteiger partial charge >= 0.3 is 11.3 Å². The van der Waals surface area contributed by atoms with Crippen LogP contribution in [0.25, 0.3) is 21.9 Å². The highest BCUT2D eigenvalue weighted by atomic mass is 16.5. The van der Waals surface area contributed by atoms with Gasteiger partial charge in [-0.3, -0.25) is 0 Å². The average molecular weight is 486 g/mol. The smallest absolute Gasteiger partial charge is 0.344 e. The third kappa shape index (κ3) is 3.73. The molecule has 2 heterocycles. The van der Waals surface area contributed by atoms with Gasteiger partial charge in [0.05, 0.1) is 41.5 Å². The molecule has 0 unspecified atom stereocenters. The molecule has 2 N–H and O–H groups in total. The molecule has 36 heavy (non-hydrogen) atoms. The first-order valence-corrected chi connectivity index (χ1v) is 11.2. The van der Waals surface area contributed by atoms with Crippen LogP contribution in [0.15, 0.2) is 85.2 Å². The zero-order chi connectivity index (χ0) is 25.4. The van der Waals surface area contributed by atoms with Crippen molar-refractivity contribution < 1.29 is 28.5 Å². The zero-order valence-corrected chi connectivity index (χ0v) is 19.5. The molecule has 3 aromatic carbocycles. The molecule has 0 aliphatic rings. The van der Waals surface area contributed by atoms with Crippen LogP contribution in [0.2, 0.25) is 0 Å². The number of benzene rings is 3. The van der Waals surface area contributed by atoms with E-state index in [4.69, 9.17) is 18.3 Å². The van der Waals surface area contributed by atoms with E-state index < -0.39 is 17.2 Å². The lowest BCUT2D eigenvalue weighted by atomic mass is 9.84. The number of aromatic hydroxyl groups is 2. The fourth-order valence-corrected chi connectivity index (χ4v) is 4.42. The summed E-state index contributed by atoms with van der Waals surface area (Å²) >= 11 is 0. The van der Waals surface area contributed by atoms with E-state index in [0.717, 1.165) is 0 Å². The maximum absolute atomic E-state index is 13.3. The molecule has 0 atom stereocenters. The van der Waals surface area contributed by atoms with Crippen LogP contribution in [0.4, 0.5) is 0 Å². The zero-order valence-electron chi connectivity index (χ0n) is 19.5. The van der Waals surface area contributed by atoms with Crippen LogP contribution in [0.1, 0.15) is 29.5 Å². The molecule has 0 spiro atoms. The van der Waals surface area contributed by atoms with Gasteiger partial charge in [0.15, 0.2) is 11.5 Å². The molecule has 0 fully saturated rings. The Bertz CT molecular complexity index is 1610. The van der Waals surface area contributed by atoms with Gasteiger partial charge in [-0.05, 0) is 48.9 Å². The summed E-state index contributed by atoms with van der Waals surface area (Å²) < 4.78 is 22.1. The van der Waals surface area contributed by atoms with Crippen molar-refractivity contribution in [2.75, 3.05) is 13.7 Å². The highest BCUT2D eigenvalue weighted by molar-refractivity contribution is 5.87. The van der Waals surface area contributed by atoms with Crippen molar-refractivity contribution in [2.45, 2.75) is 12.8 Å². The fourth-order valence-electron chi connectivity index (χ4n) is 4.42. The number of rotatable bonds is 6. The van der Waals surface area contributed by atoms with Crippen LogP contribution in [0.3, 0.4) is 0 Å². The van der Waals surface area contributed by atoms with E-state index in [-0.39, 0.29) is 44.6 Å². The van der Waals surface area contributed by atoms with E-state index in [1.807, 2.05) is 6.92 Å². The summed E-state index contributed by atoms with van der Waals surface area (Å²) in [4.78, 5) is 26.5. The molecule has 182 valence electrons. The van der Waals surface area contributed by atoms with Gasteiger partial charge in [0.1, 0.15) is 22.7 Å². The highest BCUT2D eigenvalue weighted by Gasteiger charge is 2.33. The van der Waals surface area contributed by atoms with E-state index in [9.17, 15) is 19.8 Å². The van der Waals surface area contributed by atoms with Crippen molar-refractivity contribution >= 4 is 21.9 Å². The van der Waals surface area contributed by atoms with Crippen LogP contribution < -0.4 is 20.7 Å². The molecule has 0 radical (unpaired) electrons. The number of hydrogen-bond acceptors (Lipinski definition) is 8. The monoisotopic (exact) mass is 486 g/mol. The van der Waals surface area contributed by atoms with E-state index in [1.165, 1.54) is 7.11 Å². The lowest BCUT2D eigenvalue weighted by Crippen LogP contribution is -2.21. The van der Waals surface area contributed by atoms with Gasteiger partial charge in [0.2, 0.25) is 0 Å². The molecule has 0 saturated carbocycles. The van der Waals surface area contributed by atoms with Crippen LogP contribution >= 0.6 is 0 Å². The van der Waals surface area contributed by atoms with E-state index in [0.29, 0.717) is 23.7 Å². The molecule has 0 aliphatic heterocycles. The van der Waals surface area contributed by atoms with Crippen LogP contribution in [-0.4, -0.2) is 23.9 Å². The maximum Gasteiger partial charge on any atom is 0.344 e. The molecule has 5 rings (SSSR count). The fraction of sp³-hybridized carbons (Fsp3) is 0.143. The van der Waals surface area contributed by atoms with Crippen molar-refractivity contribution in [1.82, 2.24) is 0 Å². The molecular formula is C28H22O8. The van der Waals surface area contributed by atoms with E-state index in [2.05, 4.69) is 0 Å². The van der Waals surface area contributed by atoms with Gasteiger partial charge in [-0.1, -0.05) is 30.3 Å². The Morgan fingerprint density at radius 3 is 1.81 bits per heavy atom. The quantitative estimate of drug-likeness (QED) is 0.325. The summed E-state index contributed by atoms with van der Waals surface area (Å²) in [5.41, 5.74) is -1.45. The predicted octanol–water partition coefficient (Wildman–Crippen LogP) is 4.90. The Kier molecular flexibility index (Phi) is 5.85. The largest absolute Gasteiger partial charge is 0.507 e. The molecular weight excluding hydrogens is 464 g/mol. The number of ether oxygens (including phenoxy) is 2. The van der Waals surface area contributed by atoms with Gasteiger partial charge in [0, 0.05) is 0 Å². The molecule has 8 nitrogen and oxygen atoms in total. The molecule has 0 bridgehead atoms. The predicted molar refractivity (Wildman–Crippen MR) is 133 cm³/mol. The number of para-hydroxylation sites is 2. The molecule has 0 amide bonds. The Morgan fingerprint density at radius 2 is 1.31 bits per heavy atom. The van der Waals surface area contributed by atoms with Gasteiger partial charge in [-0.25, -0.2) is 9.59 Å². The summed E-state index contributed by atoms with van der Waals surface area (Å²) in [6.45, 7) is 2.22. The van der Waals surface area contributed by atoms with Gasteiger partial charge < -0.3 is 28.5 Å². The minimum Gasteiger partial charge on any atom is -0.507 e. The number of hydrogen-bond donors (Lipinski definition) is 2. The molecule has 0 saturated heterocycles. The first-order valence-electron chi connectivity index (χ1n) is 11.2. The van der Waals surface area contributed by atoms with Crippen LogP contribution in [-0.2, 0) is 0 Å². The highest BCUT2D eigenvalue weighted by Crippen LogP contribution is 2.43. The maximum atomic E-state index is 13.3. The first kappa shape index (κ1) is 23.0. The lowest BCUT2D eigenvalue weighted by molar-refractivity contribution is 0.310. The third-order valence-corrected chi connectivity index (χ3v) is 6.04. The summed E-state index contributed by atoms with van der Waals surface area (Å²) in [6, 6.07) is 17.8. The molecule has 8 heteroatoms. The second-order valence-electron chi connectivity index (χ2n) is 8.07. The summed E-state index contributed by atoms with van der Waals surface area (Å²) in [5.74, 6) is -1.20. The van der Waals surface area contributed by atoms with Gasteiger partial charge in [-0.2, -0.15) is 0 Å². The standard InChI is InChI=1S/C28H22O8/c1-3-34-20-13-12-15(14-21(20)33-2)22(23-25(29)16-8-4-6-10-18(16)35-27(23)31)24-26(30)17-9-5-7-11-19(17)36-28(24)32/h4-14,22,29-30H,3H2,1-2H3. The van der Waals surface area contributed by atoms with Gasteiger partial charge in [0.25, 0.3) is 0 Å². The second-order valence-corrected chi connectivity index (χ2v) is 8.07. The van der Waals surface area contributed by atoms with Gasteiger partial charge in [-0.15, -0.1) is 0 Å². The third-order valence-electron chi connectivity index (χ3n) is 6.04. The Hall–Kier alpha value is -4.72. The Morgan fingerprint density at radius 1 is 0.778 bits per heavy atom. The average Bonchev–Trinajstić information content (AvgIpc) is 2.88. The van der Waals surface area contributed by atoms with E-state index in [1.54, 1.807) is 66.7 Å².